The lowest BCUT2D eigenvalue weighted by molar-refractivity contribution is -0.136. The van der Waals surface area contributed by atoms with Gasteiger partial charge in [0.05, 0.1) is 11.7 Å². The molecule has 0 aliphatic carbocycles. The molecule has 3 atom stereocenters. The number of likely N-dealkylation sites (tertiary alicyclic amines) is 1. The molecule has 4 aliphatic heterocycles. The van der Waals surface area contributed by atoms with E-state index in [2.05, 4.69) is 21.0 Å². The number of carbonyl (C=O) groups excluding carboxylic acids is 1. The number of hydrogen-bond acceptors (Lipinski definition) is 4. The first-order chi connectivity index (χ1) is 13.6. The van der Waals surface area contributed by atoms with Crippen molar-refractivity contribution in [3.05, 3.63) is 47.8 Å². The van der Waals surface area contributed by atoms with E-state index in [4.69, 9.17) is 0 Å². The molecule has 0 spiro atoms. The van der Waals surface area contributed by atoms with Crippen molar-refractivity contribution in [1.82, 2.24) is 19.6 Å². The number of nitrogens with zero attached hydrogens (tertiary/aromatic N) is 4. The molecule has 0 radical (unpaired) electrons. The molecule has 4 saturated heterocycles. The number of aromatic nitrogens is 2. The van der Waals surface area contributed by atoms with Gasteiger partial charge in [0.2, 0.25) is 5.91 Å². The van der Waals surface area contributed by atoms with Crippen molar-refractivity contribution in [2.45, 2.75) is 50.7 Å². The van der Waals surface area contributed by atoms with Gasteiger partial charge in [-0.05, 0) is 62.5 Å². The van der Waals surface area contributed by atoms with Crippen LogP contribution in [-0.4, -0.2) is 62.3 Å². The van der Waals surface area contributed by atoms with Crippen LogP contribution in [0.5, 0.6) is 5.75 Å². The van der Waals surface area contributed by atoms with Crippen LogP contribution in [0, 0.1) is 12.8 Å². The number of amides is 1. The molecule has 6 rings (SSSR count). The van der Waals surface area contributed by atoms with Crippen LogP contribution in [0.2, 0.25) is 0 Å². The number of aromatic hydroxyl groups is 1. The first-order valence-corrected chi connectivity index (χ1v) is 10.4. The second-order valence-corrected chi connectivity index (χ2v) is 8.57. The Balaban J connectivity index is 1.39. The van der Waals surface area contributed by atoms with Crippen molar-refractivity contribution in [1.29, 1.82) is 0 Å². The van der Waals surface area contributed by atoms with Crippen molar-refractivity contribution in [2.24, 2.45) is 5.92 Å². The summed E-state index contributed by atoms with van der Waals surface area (Å²) in [5.74, 6) is 1.42. The summed E-state index contributed by atoms with van der Waals surface area (Å²) in [6, 6.07) is 10.3. The fourth-order valence-corrected chi connectivity index (χ4v) is 5.69. The van der Waals surface area contributed by atoms with E-state index < -0.39 is 0 Å². The molecule has 6 heteroatoms. The zero-order chi connectivity index (χ0) is 19.3. The Morgan fingerprint density at radius 3 is 2.75 bits per heavy atom. The molecule has 148 valence electrons. The minimum Gasteiger partial charge on any atom is -0.508 e. The molecule has 28 heavy (non-hydrogen) atoms. The van der Waals surface area contributed by atoms with E-state index in [0.717, 1.165) is 30.9 Å². The zero-order valence-electron chi connectivity index (χ0n) is 16.4. The molecule has 6 nitrogen and oxygen atoms in total. The monoisotopic (exact) mass is 380 g/mol. The van der Waals surface area contributed by atoms with Gasteiger partial charge in [-0.25, -0.2) is 0 Å². The number of hydrogen-bond donors (Lipinski definition) is 1. The highest BCUT2D eigenvalue weighted by atomic mass is 16.3. The van der Waals surface area contributed by atoms with Gasteiger partial charge in [0.1, 0.15) is 5.75 Å². The van der Waals surface area contributed by atoms with Crippen molar-refractivity contribution >= 4 is 5.91 Å². The highest BCUT2D eigenvalue weighted by Gasteiger charge is 2.54. The minimum absolute atomic E-state index is 0.236. The lowest BCUT2D eigenvalue weighted by Gasteiger charge is -2.51. The molecule has 0 unspecified atom stereocenters. The Morgan fingerprint density at radius 1 is 1.21 bits per heavy atom. The normalized spacial score (nSPS) is 31.2. The van der Waals surface area contributed by atoms with Crippen LogP contribution in [0.4, 0.5) is 0 Å². The van der Waals surface area contributed by atoms with E-state index in [0.29, 0.717) is 36.7 Å². The maximum Gasteiger partial charge on any atom is 0.224 e. The number of benzene rings is 1. The third-order valence-electron chi connectivity index (χ3n) is 6.94. The van der Waals surface area contributed by atoms with Crippen molar-refractivity contribution in [2.75, 3.05) is 19.6 Å². The highest BCUT2D eigenvalue weighted by molar-refractivity contribution is 5.77. The van der Waals surface area contributed by atoms with E-state index in [1.807, 2.05) is 36.0 Å². The van der Waals surface area contributed by atoms with Crippen molar-refractivity contribution in [3.63, 3.8) is 0 Å². The second-order valence-electron chi connectivity index (χ2n) is 8.57. The van der Waals surface area contributed by atoms with Crippen LogP contribution in [-0.2, 0) is 11.3 Å². The Kier molecular flexibility index (Phi) is 4.38. The highest BCUT2D eigenvalue weighted by Crippen LogP contribution is 2.47. The SMILES string of the molecule is Cc1ccn(CCC(=O)N2C[C@@H](c3cccc(O)c3)[C@@H]3[C@H]2C2CCN3CC2)n1. The van der Waals surface area contributed by atoms with Crippen molar-refractivity contribution < 1.29 is 9.90 Å². The van der Waals surface area contributed by atoms with Gasteiger partial charge < -0.3 is 10.0 Å². The van der Waals surface area contributed by atoms with Crippen LogP contribution < -0.4 is 0 Å². The van der Waals surface area contributed by atoms with E-state index in [1.54, 1.807) is 6.07 Å². The van der Waals surface area contributed by atoms with Gasteiger partial charge in [-0.3, -0.25) is 14.4 Å². The predicted octanol–water partition coefficient (Wildman–Crippen LogP) is 2.38. The standard InChI is InChI=1S/C22H28N4O2/c1-15-5-11-25(23-15)12-8-20(28)26-14-19(17-3-2-4-18(27)13-17)22-21(26)16-6-9-24(22)10-7-16/h2-5,11,13,16,19,21-22,27H,6-10,12,14H2,1H3/t19-,21+,22+/m0/s1. The van der Waals surface area contributed by atoms with Gasteiger partial charge in [-0.2, -0.15) is 5.10 Å². The largest absolute Gasteiger partial charge is 0.508 e. The summed E-state index contributed by atoms with van der Waals surface area (Å²) < 4.78 is 1.87. The van der Waals surface area contributed by atoms with Crippen LogP contribution in [0.1, 0.15) is 36.4 Å². The van der Waals surface area contributed by atoms with Crippen LogP contribution in [0.15, 0.2) is 36.5 Å². The predicted molar refractivity (Wildman–Crippen MR) is 106 cm³/mol. The molecule has 1 amide bonds. The zero-order valence-corrected chi connectivity index (χ0v) is 16.4. The quantitative estimate of drug-likeness (QED) is 0.885. The Morgan fingerprint density at radius 2 is 2.04 bits per heavy atom. The van der Waals surface area contributed by atoms with Crippen molar-refractivity contribution in [3.8, 4) is 5.75 Å². The number of fused-ring (bicyclic) bond motifs is 2. The molecule has 4 aliphatic rings. The van der Waals surface area contributed by atoms with Gasteiger partial charge in [0, 0.05) is 37.7 Å². The van der Waals surface area contributed by atoms with Gasteiger partial charge in [0.25, 0.3) is 0 Å². The molecule has 1 aromatic carbocycles. The summed E-state index contributed by atoms with van der Waals surface area (Å²) in [6.45, 7) is 5.62. The van der Waals surface area contributed by atoms with Crippen LogP contribution in [0.3, 0.4) is 0 Å². The number of phenols is 1. The third-order valence-corrected chi connectivity index (χ3v) is 6.94. The first kappa shape index (κ1) is 17.7. The Hall–Kier alpha value is -2.34. The second kappa shape index (κ2) is 6.92. The van der Waals surface area contributed by atoms with Crippen LogP contribution >= 0.6 is 0 Å². The average molecular weight is 380 g/mol. The summed E-state index contributed by atoms with van der Waals surface area (Å²) in [6.07, 6.45) is 4.81. The third kappa shape index (κ3) is 3.00. The molecule has 2 bridgehead atoms. The molecule has 0 saturated carbocycles. The number of piperidine rings is 3. The summed E-state index contributed by atoms with van der Waals surface area (Å²) >= 11 is 0. The maximum absolute atomic E-state index is 13.2. The molecule has 5 heterocycles. The van der Waals surface area contributed by atoms with Gasteiger partial charge in [-0.15, -0.1) is 0 Å². The topological polar surface area (TPSA) is 61.6 Å². The summed E-state index contributed by atoms with van der Waals surface area (Å²) in [5, 5.41) is 14.4. The number of aryl methyl sites for hydroxylation is 2. The molecule has 1 aromatic heterocycles. The van der Waals surface area contributed by atoms with E-state index in [-0.39, 0.29) is 11.8 Å². The van der Waals surface area contributed by atoms with E-state index >= 15 is 0 Å². The number of rotatable bonds is 4. The Bertz CT molecular complexity index is 871. The molecular weight excluding hydrogens is 352 g/mol. The van der Waals surface area contributed by atoms with Gasteiger partial charge >= 0.3 is 0 Å². The minimum atomic E-state index is 0.236. The Labute approximate surface area is 165 Å². The molecule has 4 fully saturated rings. The fraction of sp³-hybridized carbons (Fsp3) is 0.545. The molecule has 2 aromatic rings. The van der Waals surface area contributed by atoms with Crippen LogP contribution in [0.25, 0.3) is 0 Å². The maximum atomic E-state index is 13.2. The summed E-state index contributed by atoms with van der Waals surface area (Å²) in [4.78, 5) is 18.0. The van der Waals surface area contributed by atoms with Gasteiger partial charge in [0.15, 0.2) is 0 Å². The average Bonchev–Trinajstić information content (AvgIpc) is 3.32. The number of phenolic OH excluding ortho intramolecular Hbond substituents is 1. The lowest BCUT2D eigenvalue weighted by atomic mass is 9.75. The fourth-order valence-electron chi connectivity index (χ4n) is 5.69. The summed E-state index contributed by atoms with van der Waals surface area (Å²) in [5.41, 5.74) is 2.13. The molecule has 1 N–H and O–H groups in total. The van der Waals surface area contributed by atoms with E-state index in [1.165, 1.54) is 12.8 Å². The smallest absolute Gasteiger partial charge is 0.224 e. The lowest BCUT2D eigenvalue weighted by Crippen LogP contribution is -2.60. The van der Waals surface area contributed by atoms with Gasteiger partial charge in [-0.1, -0.05) is 12.1 Å². The molecular formula is C22H28N4O2. The number of carbonyl (C=O) groups is 1. The summed E-state index contributed by atoms with van der Waals surface area (Å²) in [7, 11) is 0. The first-order valence-electron chi connectivity index (χ1n) is 10.4. The van der Waals surface area contributed by atoms with E-state index in [9.17, 15) is 9.90 Å².